The highest BCUT2D eigenvalue weighted by Crippen LogP contribution is 2.40. The molecule has 0 unspecified atom stereocenters. The maximum Gasteiger partial charge on any atom is 0.142 e. The average Bonchev–Trinajstić information content (AvgIpc) is 2.29. The van der Waals surface area contributed by atoms with Gasteiger partial charge in [0.2, 0.25) is 0 Å². The monoisotopic (exact) mass is 269 g/mol. The molecule has 100 valence electrons. The summed E-state index contributed by atoms with van der Waals surface area (Å²) in [6, 6.07) is 5.00. The molecule has 2 rings (SSSR count). The van der Waals surface area contributed by atoms with Gasteiger partial charge in [-0.05, 0) is 55.2 Å². The van der Waals surface area contributed by atoms with Crippen LogP contribution in [0.2, 0.25) is 5.02 Å². The number of hydrogen-bond acceptors (Lipinski definition) is 1. The van der Waals surface area contributed by atoms with Crippen molar-refractivity contribution in [2.75, 3.05) is 0 Å². The summed E-state index contributed by atoms with van der Waals surface area (Å²) in [6.45, 7) is 4.57. The number of benzene rings is 1. The Hall–Kier alpha value is -0.600. The van der Waals surface area contributed by atoms with Crippen LogP contribution in [-0.2, 0) is 6.42 Å². The Morgan fingerprint density at radius 2 is 1.83 bits per heavy atom. The van der Waals surface area contributed by atoms with Crippen molar-refractivity contribution in [2.45, 2.75) is 51.5 Å². The van der Waals surface area contributed by atoms with Crippen LogP contribution >= 0.6 is 11.6 Å². The maximum atomic E-state index is 13.4. The van der Waals surface area contributed by atoms with Crippen LogP contribution in [0, 0.1) is 11.2 Å². The van der Waals surface area contributed by atoms with Crippen LogP contribution in [0.3, 0.4) is 0 Å². The van der Waals surface area contributed by atoms with Crippen LogP contribution in [0.1, 0.15) is 45.1 Å². The van der Waals surface area contributed by atoms with E-state index in [9.17, 15) is 4.39 Å². The van der Waals surface area contributed by atoms with E-state index in [1.54, 1.807) is 6.07 Å². The van der Waals surface area contributed by atoms with Crippen molar-refractivity contribution in [1.82, 2.24) is 0 Å². The maximum absolute atomic E-state index is 13.4. The van der Waals surface area contributed by atoms with Crippen LogP contribution in [0.5, 0.6) is 0 Å². The van der Waals surface area contributed by atoms with Gasteiger partial charge in [-0.2, -0.15) is 0 Å². The quantitative estimate of drug-likeness (QED) is 0.850. The molecule has 18 heavy (non-hydrogen) atoms. The lowest BCUT2D eigenvalue weighted by Gasteiger charge is -2.41. The van der Waals surface area contributed by atoms with Crippen molar-refractivity contribution in [3.63, 3.8) is 0 Å². The third kappa shape index (κ3) is 3.24. The van der Waals surface area contributed by atoms with E-state index in [0.717, 1.165) is 37.7 Å². The van der Waals surface area contributed by atoms with Gasteiger partial charge in [0.15, 0.2) is 0 Å². The Balaban J connectivity index is 2.07. The second kappa shape index (κ2) is 4.82. The van der Waals surface area contributed by atoms with Gasteiger partial charge in [0, 0.05) is 5.54 Å². The van der Waals surface area contributed by atoms with Crippen molar-refractivity contribution in [3.05, 3.63) is 34.6 Å². The van der Waals surface area contributed by atoms with Crippen LogP contribution in [0.25, 0.3) is 0 Å². The minimum Gasteiger partial charge on any atom is -0.325 e. The predicted octanol–water partition coefficient (Wildman–Crippen LogP) is 4.32. The van der Waals surface area contributed by atoms with Crippen molar-refractivity contribution in [3.8, 4) is 0 Å². The van der Waals surface area contributed by atoms with E-state index in [4.69, 9.17) is 17.3 Å². The summed E-state index contributed by atoms with van der Waals surface area (Å²) < 4.78 is 13.4. The fraction of sp³-hybridized carbons (Fsp3) is 0.600. The Labute approximate surface area is 114 Å². The summed E-state index contributed by atoms with van der Waals surface area (Å²) in [7, 11) is 0. The largest absolute Gasteiger partial charge is 0.325 e. The first-order valence-electron chi connectivity index (χ1n) is 6.53. The Bertz CT molecular complexity index is 432. The van der Waals surface area contributed by atoms with E-state index >= 15 is 0 Å². The SMILES string of the molecule is CC1(C)CCC(N)(Cc2ccc(Cl)c(F)c2)CC1. The summed E-state index contributed by atoms with van der Waals surface area (Å²) in [5, 5.41) is 0.176. The molecule has 1 aliphatic rings. The number of halogens is 2. The van der Waals surface area contributed by atoms with E-state index in [-0.39, 0.29) is 16.4 Å². The van der Waals surface area contributed by atoms with Crippen molar-refractivity contribution >= 4 is 11.6 Å². The van der Waals surface area contributed by atoms with Crippen LogP contribution in [-0.4, -0.2) is 5.54 Å². The smallest absolute Gasteiger partial charge is 0.142 e. The lowest BCUT2D eigenvalue weighted by Crippen LogP contribution is -2.46. The van der Waals surface area contributed by atoms with Crippen molar-refractivity contribution in [2.24, 2.45) is 11.1 Å². The molecule has 0 saturated heterocycles. The summed E-state index contributed by atoms with van der Waals surface area (Å²) in [5.74, 6) is -0.353. The third-order valence-corrected chi connectivity index (χ3v) is 4.45. The number of nitrogens with two attached hydrogens (primary N) is 1. The molecule has 0 spiro atoms. The molecule has 1 aromatic carbocycles. The van der Waals surface area contributed by atoms with E-state index in [1.165, 1.54) is 6.07 Å². The lowest BCUT2D eigenvalue weighted by molar-refractivity contribution is 0.164. The second-order valence-electron chi connectivity index (χ2n) is 6.45. The molecule has 0 heterocycles. The highest BCUT2D eigenvalue weighted by Gasteiger charge is 2.35. The molecule has 2 N–H and O–H groups in total. The van der Waals surface area contributed by atoms with E-state index < -0.39 is 0 Å². The molecule has 0 amide bonds. The summed E-state index contributed by atoms with van der Waals surface area (Å²) >= 11 is 5.69. The summed E-state index contributed by atoms with van der Waals surface area (Å²) in [5.41, 5.74) is 7.60. The van der Waals surface area contributed by atoms with Gasteiger partial charge < -0.3 is 5.73 Å². The third-order valence-electron chi connectivity index (χ3n) is 4.14. The average molecular weight is 270 g/mol. The Morgan fingerprint density at radius 1 is 1.22 bits per heavy atom. The fourth-order valence-electron chi connectivity index (χ4n) is 2.66. The van der Waals surface area contributed by atoms with Crippen LogP contribution in [0.4, 0.5) is 4.39 Å². The zero-order valence-corrected chi connectivity index (χ0v) is 11.9. The minimum atomic E-state index is -0.353. The molecular weight excluding hydrogens is 249 g/mol. The molecule has 0 bridgehead atoms. The van der Waals surface area contributed by atoms with E-state index in [0.29, 0.717) is 5.41 Å². The topological polar surface area (TPSA) is 26.0 Å². The molecule has 0 radical (unpaired) electrons. The molecule has 1 aliphatic carbocycles. The van der Waals surface area contributed by atoms with Gasteiger partial charge in [0.1, 0.15) is 5.82 Å². The van der Waals surface area contributed by atoms with Gasteiger partial charge in [-0.1, -0.05) is 31.5 Å². The molecule has 1 saturated carbocycles. The number of rotatable bonds is 2. The van der Waals surface area contributed by atoms with Gasteiger partial charge in [0.25, 0.3) is 0 Å². The second-order valence-corrected chi connectivity index (χ2v) is 6.86. The Kier molecular flexibility index (Phi) is 3.70. The predicted molar refractivity (Wildman–Crippen MR) is 74.3 cm³/mol. The standard InChI is InChI=1S/C15H21ClFN/c1-14(2)5-7-15(18,8-6-14)10-11-3-4-12(16)13(17)9-11/h3-4,9H,5-8,10,18H2,1-2H3. The van der Waals surface area contributed by atoms with E-state index in [2.05, 4.69) is 13.8 Å². The van der Waals surface area contributed by atoms with Crippen LogP contribution < -0.4 is 5.73 Å². The minimum absolute atomic E-state index is 0.176. The van der Waals surface area contributed by atoms with Gasteiger partial charge in [-0.25, -0.2) is 4.39 Å². The van der Waals surface area contributed by atoms with Gasteiger partial charge in [-0.3, -0.25) is 0 Å². The zero-order chi connectivity index (χ0) is 13.4. The lowest BCUT2D eigenvalue weighted by atomic mass is 9.68. The van der Waals surface area contributed by atoms with E-state index in [1.807, 2.05) is 6.07 Å². The summed E-state index contributed by atoms with van der Waals surface area (Å²) in [4.78, 5) is 0. The highest BCUT2D eigenvalue weighted by atomic mass is 35.5. The molecule has 1 fully saturated rings. The van der Waals surface area contributed by atoms with Gasteiger partial charge in [-0.15, -0.1) is 0 Å². The van der Waals surface area contributed by atoms with Crippen molar-refractivity contribution < 1.29 is 4.39 Å². The molecule has 0 atom stereocenters. The first-order valence-corrected chi connectivity index (χ1v) is 6.90. The molecule has 3 heteroatoms. The first-order chi connectivity index (χ1) is 8.30. The number of hydrogen-bond donors (Lipinski definition) is 1. The van der Waals surface area contributed by atoms with Gasteiger partial charge >= 0.3 is 0 Å². The van der Waals surface area contributed by atoms with Crippen LogP contribution in [0.15, 0.2) is 18.2 Å². The zero-order valence-electron chi connectivity index (χ0n) is 11.1. The Morgan fingerprint density at radius 3 is 2.39 bits per heavy atom. The molecule has 1 aromatic rings. The molecule has 0 aliphatic heterocycles. The van der Waals surface area contributed by atoms with Crippen molar-refractivity contribution in [1.29, 1.82) is 0 Å². The van der Waals surface area contributed by atoms with Gasteiger partial charge in [0.05, 0.1) is 5.02 Å². The molecule has 0 aromatic heterocycles. The summed E-state index contributed by atoms with van der Waals surface area (Å²) in [6.07, 6.45) is 5.02. The molecular formula is C15H21ClFN. The first kappa shape index (κ1) is 13.8. The molecule has 1 nitrogen and oxygen atoms in total. The fourth-order valence-corrected chi connectivity index (χ4v) is 2.78. The normalized spacial score (nSPS) is 21.8. The highest BCUT2D eigenvalue weighted by molar-refractivity contribution is 6.30.